The number of alkyl halides is 3. The van der Waals surface area contributed by atoms with E-state index in [1.165, 1.54) is 18.3 Å². The van der Waals surface area contributed by atoms with E-state index in [4.69, 9.17) is 0 Å². The summed E-state index contributed by atoms with van der Waals surface area (Å²) < 4.78 is 37.3. The predicted octanol–water partition coefficient (Wildman–Crippen LogP) is 2.29. The zero-order valence-electron chi connectivity index (χ0n) is 7.34. The van der Waals surface area contributed by atoms with Crippen LogP contribution in [-0.2, 0) is 6.18 Å². The van der Waals surface area contributed by atoms with Crippen LogP contribution in [-0.4, -0.2) is 15.2 Å². The maximum atomic E-state index is 12.4. The molecule has 0 aliphatic heterocycles. The van der Waals surface area contributed by atoms with Crippen LogP contribution in [0.2, 0.25) is 0 Å². The van der Waals surface area contributed by atoms with E-state index in [0.717, 1.165) is 0 Å². The van der Waals surface area contributed by atoms with E-state index in [9.17, 15) is 13.2 Å². The molecule has 0 fully saturated rings. The van der Waals surface area contributed by atoms with Gasteiger partial charge in [0, 0.05) is 6.20 Å². The van der Waals surface area contributed by atoms with Gasteiger partial charge in [-0.3, -0.25) is 5.10 Å². The number of aromatic nitrogens is 3. The summed E-state index contributed by atoms with van der Waals surface area (Å²) in [6, 6.07) is 4.54. The van der Waals surface area contributed by atoms with E-state index >= 15 is 0 Å². The van der Waals surface area contributed by atoms with Crippen molar-refractivity contribution in [3.05, 3.63) is 36.3 Å². The molecule has 1 N–H and O–H groups in total. The van der Waals surface area contributed by atoms with Crippen molar-refractivity contribution in [2.45, 2.75) is 6.18 Å². The Balaban J connectivity index is 2.51. The van der Waals surface area contributed by atoms with Gasteiger partial charge in [-0.05, 0) is 12.1 Å². The third kappa shape index (κ3) is 1.83. The maximum absolute atomic E-state index is 12.4. The van der Waals surface area contributed by atoms with Crippen LogP contribution in [0.4, 0.5) is 13.2 Å². The zero-order chi connectivity index (χ0) is 10.9. The smallest absolute Gasteiger partial charge is 0.284 e. The first-order chi connectivity index (χ1) is 7.09. The van der Waals surface area contributed by atoms with Gasteiger partial charge in [-0.2, -0.15) is 18.3 Å². The molecule has 2 rings (SSSR count). The zero-order valence-corrected chi connectivity index (χ0v) is 7.34. The molecule has 3 nitrogen and oxygen atoms in total. The van der Waals surface area contributed by atoms with Gasteiger partial charge < -0.3 is 0 Å². The lowest BCUT2D eigenvalue weighted by Crippen LogP contribution is -2.07. The molecule has 0 saturated heterocycles. The van der Waals surface area contributed by atoms with Crippen molar-refractivity contribution >= 4 is 0 Å². The Bertz CT molecular complexity index is 447. The molecule has 2 aromatic heterocycles. The van der Waals surface area contributed by atoms with E-state index in [-0.39, 0.29) is 11.3 Å². The number of nitrogens with zero attached hydrogens (tertiary/aromatic N) is 2. The van der Waals surface area contributed by atoms with E-state index in [2.05, 4.69) is 21.4 Å². The second-order valence-corrected chi connectivity index (χ2v) is 2.80. The van der Waals surface area contributed by atoms with Crippen molar-refractivity contribution in [1.29, 1.82) is 0 Å². The van der Waals surface area contributed by atoms with Crippen molar-refractivity contribution < 1.29 is 13.2 Å². The molecule has 0 saturated carbocycles. The predicted molar refractivity (Wildman–Crippen MR) is 45.7 cm³/mol. The number of halogens is 3. The number of hydrogen-bond acceptors (Lipinski definition) is 2. The second kappa shape index (κ2) is 3.38. The summed E-state index contributed by atoms with van der Waals surface area (Å²) in [5, 5.41) is 5.34. The van der Waals surface area contributed by atoms with Crippen LogP contribution in [0.15, 0.2) is 24.4 Å². The molecule has 0 atom stereocenters. The van der Waals surface area contributed by atoms with Gasteiger partial charge in [-0.25, -0.2) is 4.98 Å². The van der Waals surface area contributed by atoms with E-state index in [1.807, 2.05) is 0 Å². The molecule has 0 spiro atoms. The molecule has 77 valence electrons. The van der Waals surface area contributed by atoms with Crippen LogP contribution in [0, 0.1) is 6.20 Å². The van der Waals surface area contributed by atoms with Crippen LogP contribution in [0.5, 0.6) is 0 Å². The Kier molecular flexibility index (Phi) is 2.18. The molecule has 0 amide bonds. The minimum absolute atomic E-state index is 0.0700. The van der Waals surface area contributed by atoms with Crippen molar-refractivity contribution in [3.8, 4) is 11.3 Å². The van der Waals surface area contributed by atoms with Gasteiger partial charge in [0.2, 0.25) is 0 Å². The van der Waals surface area contributed by atoms with Crippen LogP contribution in [0.3, 0.4) is 0 Å². The molecule has 15 heavy (non-hydrogen) atoms. The SMILES string of the molecule is FC(F)(F)c1n[nH]cc1-c1ccc[c]n1. The van der Waals surface area contributed by atoms with Gasteiger partial charge in [0.15, 0.2) is 5.69 Å². The lowest BCUT2D eigenvalue weighted by atomic mass is 10.1. The Hall–Kier alpha value is -1.85. The fraction of sp³-hybridized carbons (Fsp3) is 0.111. The highest BCUT2D eigenvalue weighted by molar-refractivity contribution is 5.61. The Labute approximate surface area is 83.0 Å². The Morgan fingerprint density at radius 2 is 2.13 bits per heavy atom. The van der Waals surface area contributed by atoms with Gasteiger partial charge in [-0.15, -0.1) is 0 Å². The molecule has 0 aromatic carbocycles. The minimum Gasteiger partial charge on any atom is -0.284 e. The standard InChI is InChI=1S/C9H5F3N3/c10-9(11,12)8-6(5-14-15-8)7-3-1-2-4-13-7/h1-3,5H,(H,14,15). The van der Waals surface area contributed by atoms with Crippen LogP contribution >= 0.6 is 0 Å². The number of nitrogens with one attached hydrogen (secondary N) is 1. The number of hydrogen-bond donors (Lipinski definition) is 1. The quantitative estimate of drug-likeness (QED) is 0.787. The third-order valence-corrected chi connectivity index (χ3v) is 1.79. The van der Waals surface area contributed by atoms with Crippen LogP contribution in [0.1, 0.15) is 5.69 Å². The summed E-state index contributed by atoms with van der Waals surface area (Å²) in [6.45, 7) is 0. The summed E-state index contributed by atoms with van der Waals surface area (Å²) in [5.41, 5.74) is -0.840. The molecule has 2 heterocycles. The molecule has 0 aliphatic rings. The highest BCUT2D eigenvalue weighted by Gasteiger charge is 2.36. The second-order valence-electron chi connectivity index (χ2n) is 2.80. The lowest BCUT2D eigenvalue weighted by Gasteiger charge is -2.04. The van der Waals surface area contributed by atoms with Crippen molar-refractivity contribution in [2.24, 2.45) is 0 Å². The normalized spacial score (nSPS) is 11.7. The van der Waals surface area contributed by atoms with Gasteiger partial charge >= 0.3 is 6.18 Å². The third-order valence-electron chi connectivity index (χ3n) is 1.79. The summed E-state index contributed by atoms with van der Waals surface area (Å²) in [6.07, 6.45) is -0.845. The number of pyridine rings is 1. The first-order valence-electron chi connectivity index (χ1n) is 4.03. The molecular weight excluding hydrogens is 207 g/mol. The summed E-state index contributed by atoms with van der Waals surface area (Å²) in [4.78, 5) is 3.71. The van der Waals surface area contributed by atoms with Gasteiger partial charge in [0.1, 0.15) is 0 Å². The highest BCUT2D eigenvalue weighted by atomic mass is 19.4. The molecule has 0 unspecified atom stereocenters. The van der Waals surface area contributed by atoms with E-state index < -0.39 is 11.9 Å². The van der Waals surface area contributed by atoms with E-state index in [0.29, 0.717) is 0 Å². The molecule has 0 bridgehead atoms. The summed E-state index contributed by atoms with van der Waals surface area (Å²) in [5.74, 6) is 0. The fourth-order valence-corrected chi connectivity index (χ4v) is 1.18. The highest BCUT2D eigenvalue weighted by Crippen LogP contribution is 2.34. The average Bonchev–Trinajstić information content (AvgIpc) is 2.67. The molecule has 0 aliphatic carbocycles. The first-order valence-corrected chi connectivity index (χ1v) is 4.03. The number of rotatable bonds is 1. The lowest BCUT2D eigenvalue weighted by molar-refractivity contribution is -0.140. The summed E-state index contributed by atoms with van der Waals surface area (Å²) >= 11 is 0. The topological polar surface area (TPSA) is 41.6 Å². The molecule has 1 radical (unpaired) electrons. The van der Waals surface area contributed by atoms with Crippen molar-refractivity contribution in [1.82, 2.24) is 15.2 Å². The number of H-pyrrole nitrogens is 1. The van der Waals surface area contributed by atoms with Crippen LogP contribution < -0.4 is 0 Å². The molecule has 6 heteroatoms. The Morgan fingerprint density at radius 1 is 1.33 bits per heavy atom. The van der Waals surface area contributed by atoms with Gasteiger partial charge in [-0.1, -0.05) is 6.07 Å². The largest absolute Gasteiger partial charge is 0.435 e. The minimum atomic E-state index is -4.48. The molecule has 2 aromatic rings. The van der Waals surface area contributed by atoms with Crippen molar-refractivity contribution in [3.63, 3.8) is 0 Å². The number of aromatic amines is 1. The Morgan fingerprint density at radius 3 is 2.73 bits per heavy atom. The maximum Gasteiger partial charge on any atom is 0.435 e. The fourth-order valence-electron chi connectivity index (χ4n) is 1.18. The average molecular weight is 212 g/mol. The first kappa shape index (κ1) is 9.70. The van der Waals surface area contributed by atoms with E-state index in [1.54, 1.807) is 6.07 Å². The summed E-state index contributed by atoms with van der Waals surface area (Å²) in [7, 11) is 0. The monoisotopic (exact) mass is 212 g/mol. The van der Waals surface area contributed by atoms with Crippen molar-refractivity contribution in [2.75, 3.05) is 0 Å². The van der Waals surface area contributed by atoms with Crippen LogP contribution in [0.25, 0.3) is 11.3 Å². The van der Waals surface area contributed by atoms with Gasteiger partial charge in [0.25, 0.3) is 0 Å². The molecular formula is C9H5F3N3. The van der Waals surface area contributed by atoms with Gasteiger partial charge in [0.05, 0.1) is 17.5 Å².